The van der Waals surface area contributed by atoms with Gasteiger partial charge in [0, 0.05) is 30.7 Å². The van der Waals surface area contributed by atoms with Crippen molar-refractivity contribution < 1.29 is 19.4 Å². The zero-order valence-corrected chi connectivity index (χ0v) is 19.6. The highest BCUT2D eigenvalue weighted by Gasteiger charge is 2.47. The molecule has 174 valence electrons. The minimum Gasteiger partial charge on any atom is -0.507 e. The van der Waals surface area contributed by atoms with Crippen LogP contribution in [0.3, 0.4) is 0 Å². The van der Waals surface area contributed by atoms with Crippen LogP contribution >= 0.6 is 0 Å². The molecule has 7 heteroatoms. The van der Waals surface area contributed by atoms with Crippen molar-refractivity contribution in [3.8, 4) is 5.75 Å². The van der Waals surface area contributed by atoms with E-state index in [1.54, 1.807) is 50.0 Å². The van der Waals surface area contributed by atoms with E-state index in [-0.39, 0.29) is 23.8 Å². The average molecular weight is 458 g/mol. The monoisotopic (exact) mass is 457 g/mol. The fourth-order valence-corrected chi connectivity index (χ4v) is 4.30. The van der Waals surface area contributed by atoms with E-state index < -0.39 is 17.7 Å². The molecule has 1 saturated heterocycles. The molecule has 3 aromatic rings. The number of hydrogen-bond donors (Lipinski definition) is 1. The number of nitrogens with zero attached hydrogens (tertiary/aromatic N) is 3. The molecule has 0 spiro atoms. The van der Waals surface area contributed by atoms with Gasteiger partial charge in [-0.15, -0.1) is 0 Å². The van der Waals surface area contributed by atoms with E-state index >= 15 is 0 Å². The number of pyridine rings is 2. The fraction of sp³-hybridized carbons (Fsp3) is 0.259. The molecule has 0 radical (unpaired) electrons. The molecule has 1 fully saturated rings. The number of likely N-dealkylation sites (tertiary alicyclic amines) is 1. The summed E-state index contributed by atoms with van der Waals surface area (Å²) in [6, 6.07) is 11.8. The van der Waals surface area contributed by atoms with Crippen LogP contribution in [0.5, 0.6) is 5.75 Å². The number of amides is 1. The summed E-state index contributed by atoms with van der Waals surface area (Å²) in [5.41, 5.74) is 3.42. The number of hydrogen-bond acceptors (Lipinski definition) is 6. The first kappa shape index (κ1) is 23.2. The Morgan fingerprint density at radius 2 is 1.94 bits per heavy atom. The third-order valence-corrected chi connectivity index (χ3v) is 6.04. The largest absolute Gasteiger partial charge is 0.507 e. The number of rotatable bonds is 6. The number of benzene rings is 1. The SMILES string of the molecule is COc1cc(C)c(/C(O)=C2\C(=O)C(=O)N(Cc3cccnc3)C2c2ccccn2)cc1C(C)C. The summed E-state index contributed by atoms with van der Waals surface area (Å²) in [6.07, 6.45) is 4.90. The molecule has 0 aliphatic carbocycles. The topological polar surface area (TPSA) is 92.6 Å². The van der Waals surface area contributed by atoms with Crippen LogP contribution in [0.1, 0.15) is 53.8 Å². The lowest BCUT2D eigenvalue weighted by Gasteiger charge is -2.24. The Kier molecular flexibility index (Phi) is 6.45. The van der Waals surface area contributed by atoms with Crippen LogP contribution in [0.2, 0.25) is 0 Å². The first-order chi connectivity index (χ1) is 16.3. The van der Waals surface area contributed by atoms with Gasteiger partial charge in [0.2, 0.25) is 0 Å². The molecule has 0 bridgehead atoms. The number of aliphatic hydroxyl groups is 1. The van der Waals surface area contributed by atoms with E-state index in [9.17, 15) is 14.7 Å². The van der Waals surface area contributed by atoms with Crippen molar-refractivity contribution in [3.63, 3.8) is 0 Å². The van der Waals surface area contributed by atoms with Gasteiger partial charge in [0.1, 0.15) is 17.6 Å². The third-order valence-electron chi connectivity index (χ3n) is 6.04. The van der Waals surface area contributed by atoms with Gasteiger partial charge in [-0.1, -0.05) is 26.0 Å². The molecule has 7 nitrogen and oxygen atoms in total. The van der Waals surface area contributed by atoms with Gasteiger partial charge in [0.05, 0.1) is 18.4 Å². The summed E-state index contributed by atoms with van der Waals surface area (Å²) in [5, 5.41) is 11.5. The van der Waals surface area contributed by atoms with Crippen LogP contribution in [0.15, 0.2) is 66.6 Å². The van der Waals surface area contributed by atoms with E-state index in [4.69, 9.17) is 4.74 Å². The maximum absolute atomic E-state index is 13.3. The lowest BCUT2D eigenvalue weighted by Crippen LogP contribution is -2.29. The second-order valence-electron chi connectivity index (χ2n) is 8.61. The number of carbonyl (C=O) groups excluding carboxylic acids is 2. The van der Waals surface area contributed by atoms with Gasteiger partial charge in [0.25, 0.3) is 11.7 Å². The van der Waals surface area contributed by atoms with E-state index in [0.29, 0.717) is 17.0 Å². The molecule has 1 aliphatic heterocycles. The van der Waals surface area contributed by atoms with Gasteiger partial charge in [-0.05, 0) is 59.9 Å². The van der Waals surface area contributed by atoms with E-state index in [0.717, 1.165) is 16.7 Å². The van der Waals surface area contributed by atoms with Crippen molar-refractivity contribution in [3.05, 3.63) is 94.6 Å². The minimum absolute atomic E-state index is 0.0237. The van der Waals surface area contributed by atoms with Gasteiger partial charge in [-0.2, -0.15) is 0 Å². The maximum Gasteiger partial charge on any atom is 0.296 e. The normalized spacial score (nSPS) is 17.4. The highest BCUT2D eigenvalue weighted by molar-refractivity contribution is 6.46. The summed E-state index contributed by atoms with van der Waals surface area (Å²) in [4.78, 5) is 36.4. The first-order valence-corrected chi connectivity index (χ1v) is 11.1. The predicted molar refractivity (Wildman–Crippen MR) is 128 cm³/mol. The first-order valence-electron chi connectivity index (χ1n) is 11.1. The maximum atomic E-state index is 13.3. The van der Waals surface area contributed by atoms with Crippen LogP contribution < -0.4 is 4.74 Å². The zero-order valence-electron chi connectivity index (χ0n) is 19.6. The number of ketones is 1. The summed E-state index contributed by atoms with van der Waals surface area (Å²) < 4.78 is 5.52. The van der Waals surface area contributed by atoms with Crippen molar-refractivity contribution in [2.45, 2.75) is 39.3 Å². The Balaban J connectivity index is 1.90. The van der Waals surface area contributed by atoms with Gasteiger partial charge in [-0.25, -0.2) is 0 Å². The van der Waals surface area contributed by atoms with E-state index in [1.165, 1.54) is 4.90 Å². The second kappa shape index (κ2) is 9.47. The molecule has 1 unspecified atom stereocenters. The Morgan fingerprint density at radius 3 is 2.56 bits per heavy atom. The van der Waals surface area contributed by atoms with Crippen LogP contribution in [0, 0.1) is 6.92 Å². The molecule has 0 saturated carbocycles. The molecule has 2 aromatic heterocycles. The molecule has 1 aromatic carbocycles. The number of aryl methyl sites for hydroxylation is 1. The summed E-state index contributed by atoms with van der Waals surface area (Å²) in [7, 11) is 1.60. The Hall–Kier alpha value is -4.00. The Labute approximate surface area is 198 Å². The smallest absolute Gasteiger partial charge is 0.296 e. The van der Waals surface area contributed by atoms with Crippen molar-refractivity contribution in [2.75, 3.05) is 7.11 Å². The third kappa shape index (κ3) is 4.17. The number of Topliss-reactive ketones (excluding diaryl/α,β-unsaturated/α-hetero) is 1. The molecule has 1 N–H and O–H groups in total. The number of aromatic nitrogens is 2. The van der Waals surface area contributed by atoms with Gasteiger partial charge >= 0.3 is 0 Å². The standard InChI is InChI=1S/C27H27N3O4/c1-16(2)19-13-20(17(3)12-22(19)34-4)25(31)23-24(21-9-5-6-11-29-21)30(27(33)26(23)32)15-18-8-7-10-28-14-18/h5-14,16,24,31H,15H2,1-4H3/b25-23+. The zero-order chi connectivity index (χ0) is 24.4. The molecule has 3 heterocycles. The van der Waals surface area contributed by atoms with E-state index in [2.05, 4.69) is 9.97 Å². The fourth-order valence-electron chi connectivity index (χ4n) is 4.30. The lowest BCUT2D eigenvalue weighted by molar-refractivity contribution is -0.140. The molecular formula is C27H27N3O4. The second-order valence-corrected chi connectivity index (χ2v) is 8.61. The van der Waals surface area contributed by atoms with Gasteiger partial charge in [-0.3, -0.25) is 19.6 Å². The lowest BCUT2D eigenvalue weighted by atomic mass is 9.92. The number of carbonyl (C=O) groups is 2. The van der Waals surface area contributed by atoms with Gasteiger partial charge < -0.3 is 14.7 Å². The van der Waals surface area contributed by atoms with Crippen LogP contribution in [0.4, 0.5) is 0 Å². The highest BCUT2D eigenvalue weighted by Crippen LogP contribution is 2.41. The molecule has 34 heavy (non-hydrogen) atoms. The van der Waals surface area contributed by atoms with Crippen molar-refractivity contribution in [2.24, 2.45) is 0 Å². The summed E-state index contributed by atoms with van der Waals surface area (Å²) in [6.45, 7) is 6.05. The average Bonchev–Trinajstić information content (AvgIpc) is 3.09. The molecule has 1 amide bonds. The molecule has 1 atom stereocenters. The minimum atomic E-state index is -0.828. The predicted octanol–water partition coefficient (Wildman–Crippen LogP) is 4.54. The molecule has 4 rings (SSSR count). The number of aliphatic hydroxyl groups excluding tert-OH is 1. The number of ether oxygens (including phenoxy) is 1. The summed E-state index contributed by atoms with van der Waals surface area (Å²) >= 11 is 0. The quantitative estimate of drug-likeness (QED) is 0.332. The Bertz CT molecular complexity index is 1250. The van der Waals surface area contributed by atoms with Gasteiger partial charge in [0.15, 0.2) is 0 Å². The van der Waals surface area contributed by atoms with Crippen molar-refractivity contribution >= 4 is 17.4 Å². The van der Waals surface area contributed by atoms with E-state index in [1.807, 2.05) is 39.0 Å². The molecule has 1 aliphatic rings. The van der Waals surface area contributed by atoms with Crippen molar-refractivity contribution in [1.29, 1.82) is 0 Å². The Morgan fingerprint density at radius 1 is 1.15 bits per heavy atom. The molecular weight excluding hydrogens is 430 g/mol. The van der Waals surface area contributed by atoms with Crippen LogP contribution in [0.25, 0.3) is 5.76 Å². The summed E-state index contributed by atoms with van der Waals surface area (Å²) in [5.74, 6) is -0.802. The van der Waals surface area contributed by atoms with Crippen LogP contribution in [-0.4, -0.2) is 38.8 Å². The number of methoxy groups -OCH3 is 1. The van der Waals surface area contributed by atoms with Crippen LogP contribution in [-0.2, 0) is 16.1 Å². The van der Waals surface area contributed by atoms with Crippen molar-refractivity contribution in [1.82, 2.24) is 14.9 Å². The highest BCUT2D eigenvalue weighted by atomic mass is 16.5.